The van der Waals surface area contributed by atoms with Gasteiger partial charge in [-0.25, -0.2) is 9.78 Å². The summed E-state index contributed by atoms with van der Waals surface area (Å²) in [7, 11) is 0. The molecule has 0 amide bonds. The Morgan fingerprint density at radius 3 is 2.59 bits per heavy atom. The molecule has 94 valence electrons. The molecular weight excluding hydrogens is 356 g/mol. The van der Waals surface area contributed by atoms with Crippen LogP contribution in [0, 0.1) is 3.70 Å². The highest BCUT2D eigenvalue weighted by molar-refractivity contribution is 14.1. The second kappa shape index (κ2) is 5.04. The number of carboxylic acid groups (broad SMARTS) is 1. The summed E-state index contributed by atoms with van der Waals surface area (Å²) in [6, 6.07) is 1.01. The molecule has 0 saturated carbocycles. The summed E-state index contributed by atoms with van der Waals surface area (Å²) in [4.78, 5) is 14.2. The van der Waals surface area contributed by atoms with Gasteiger partial charge in [0, 0.05) is 6.54 Å². The number of nitrogens with zero attached hydrogens (tertiary/aromatic N) is 1. The van der Waals surface area contributed by atoms with Crippen LogP contribution in [-0.2, 0) is 6.54 Å². The first-order valence-corrected chi connectivity index (χ1v) is 5.21. The van der Waals surface area contributed by atoms with Crippen LogP contribution in [0.4, 0.5) is 13.2 Å². The van der Waals surface area contributed by atoms with E-state index >= 15 is 0 Å². The van der Waals surface area contributed by atoms with Crippen LogP contribution in [0.2, 0.25) is 0 Å². The number of aromatic nitrogens is 1. The molecule has 1 aromatic rings. The lowest BCUT2D eigenvalue weighted by Gasteiger charge is -2.12. The maximum atomic E-state index is 12.0. The first kappa shape index (κ1) is 14.0. The predicted octanol–water partition coefficient (Wildman–Crippen LogP) is 1.74. The Hall–Kier alpha value is -1.10. The highest BCUT2D eigenvalue weighted by Gasteiger charge is 2.34. The summed E-state index contributed by atoms with van der Waals surface area (Å²) < 4.78 is 39.7. The minimum atomic E-state index is -5.00. The summed E-state index contributed by atoms with van der Waals surface area (Å²) in [6.45, 7) is -0.0299. The molecule has 5 nitrogen and oxygen atoms in total. The minimum Gasteiger partial charge on any atom is -0.477 e. The van der Waals surface area contributed by atoms with E-state index in [9.17, 15) is 18.0 Å². The van der Waals surface area contributed by atoms with E-state index in [1.54, 1.807) is 22.6 Å². The molecule has 0 radical (unpaired) electrons. The van der Waals surface area contributed by atoms with E-state index in [1.807, 2.05) is 0 Å². The average Bonchev–Trinajstić information content (AvgIpc) is 2.14. The summed E-state index contributed by atoms with van der Waals surface area (Å²) >= 11 is 1.65. The number of rotatable bonds is 3. The summed E-state index contributed by atoms with van der Waals surface area (Å²) in [5.41, 5.74) is 4.95. The molecule has 0 fully saturated rings. The lowest BCUT2D eigenvalue weighted by Crippen LogP contribution is -2.21. The van der Waals surface area contributed by atoms with Crippen molar-refractivity contribution in [1.82, 2.24) is 4.98 Å². The molecule has 3 N–H and O–H groups in total. The van der Waals surface area contributed by atoms with E-state index in [2.05, 4.69) is 9.72 Å². The van der Waals surface area contributed by atoms with Crippen molar-refractivity contribution in [1.29, 1.82) is 0 Å². The molecule has 0 aliphatic carbocycles. The number of carbonyl (C=O) groups is 1. The van der Waals surface area contributed by atoms with Crippen molar-refractivity contribution in [3.05, 3.63) is 20.9 Å². The maximum Gasteiger partial charge on any atom is 0.574 e. The minimum absolute atomic E-state index is 0.0299. The Labute approximate surface area is 107 Å². The van der Waals surface area contributed by atoms with E-state index in [1.165, 1.54) is 0 Å². The molecule has 17 heavy (non-hydrogen) atoms. The third-order valence-electron chi connectivity index (χ3n) is 1.68. The molecule has 1 aromatic heterocycles. The molecule has 0 saturated heterocycles. The lowest BCUT2D eigenvalue weighted by atomic mass is 10.2. The van der Waals surface area contributed by atoms with Gasteiger partial charge in [0.1, 0.15) is 9.26 Å². The Morgan fingerprint density at radius 2 is 2.18 bits per heavy atom. The van der Waals surface area contributed by atoms with Gasteiger partial charge in [-0.05, 0) is 34.2 Å². The fraction of sp³-hybridized carbons (Fsp3) is 0.250. The van der Waals surface area contributed by atoms with Gasteiger partial charge in [-0.1, -0.05) is 0 Å². The van der Waals surface area contributed by atoms with Crippen LogP contribution in [0.15, 0.2) is 6.07 Å². The van der Waals surface area contributed by atoms with Gasteiger partial charge in [0.2, 0.25) is 5.88 Å². The molecule has 0 spiro atoms. The Balaban J connectivity index is 3.28. The first-order valence-electron chi connectivity index (χ1n) is 4.13. The summed E-state index contributed by atoms with van der Waals surface area (Å²) in [5.74, 6) is -2.56. The number of pyridine rings is 1. The Bertz CT molecular complexity index is 450. The van der Waals surface area contributed by atoms with Gasteiger partial charge in [0.15, 0.2) is 0 Å². The smallest absolute Gasteiger partial charge is 0.477 e. The van der Waals surface area contributed by atoms with Crippen molar-refractivity contribution in [2.75, 3.05) is 0 Å². The monoisotopic (exact) mass is 362 g/mol. The van der Waals surface area contributed by atoms with E-state index in [0.717, 1.165) is 6.07 Å². The largest absolute Gasteiger partial charge is 0.574 e. The maximum absolute atomic E-state index is 12.0. The average molecular weight is 362 g/mol. The molecule has 1 heterocycles. The second-order valence-corrected chi connectivity index (χ2v) is 3.87. The highest BCUT2D eigenvalue weighted by atomic mass is 127. The zero-order valence-electron chi connectivity index (χ0n) is 8.08. The lowest BCUT2D eigenvalue weighted by molar-refractivity contribution is -0.276. The predicted molar refractivity (Wildman–Crippen MR) is 58.5 cm³/mol. The molecule has 0 atom stereocenters. The summed E-state index contributed by atoms with van der Waals surface area (Å²) in [6.07, 6.45) is -5.00. The molecule has 0 unspecified atom stereocenters. The number of nitrogens with two attached hydrogens (primary N) is 1. The third-order valence-corrected chi connectivity index (χ3v) is 2.61. The van der Waals surface area contributed by atoms with Crippen molar-refractivity contribution in [3.8, 4) is 5.88 Å². The van der Waals surface area contributed by atoms with Gasteiger partial charge >= 0.3 is 12.3 Å². The number of carboxylic acids is 1. The normalized spacial score (nSPS) is 11.4. The third kappa shape index (κ3) is 3.70. The second-order valence-electron chi connectivity index (χ2n) is 2.85. The van der Waals surface area contributed by atoms with Crippen molar-refractivity contribution in [2.45, 2.75) is 12.9 Å². The fourth-order valence-corrected chi connectivity index (χ4v) is 1.60. The molecule has 0 aliphatic rings. The van der Waals surface area contributed by atoms with Gasteiger partial charge in [-0.2, -0.15) is 0 Å². The van der Waals surface area contributed by atoms with Crippen LogP contribution in [-0.4, -0.2) is 22.4 Å². The van der Waals surface area contributed by atoms with Crippen LogP contribution in [0.1, 0.15) is 15.9 Å². The first-order chi connectivity index (χ1) is 7.74. The molecule has 1 rings (SSSR count). The SMILES string of the molecule is NCc1cc(C(=O)O)c(OC(F)(F)F)nc1I. The van der Waals surface area contributed by atoms with Gasteiger partial charge in [-0.15, -0.1) is 13.2 Å². The van der Waals surface area contributed by atoms with Crippen molar-refractivity contribution >= 4 is 28.6 Å². The number of aromatic carboxylic acids is 1. The van der Waals surface area contributed by atoms with E-state index in [0.29, 0.717) is 5.56 Å². The highest BCUT2D eigenvalue weighted by Crippen LogP contribution is 2.27. The molecule has 0 aromatic carbocycles. The number of ether oxygens (including phenoxy) is 1. The number of halogens is 4. The van der Waals surface area contributed by atoms with Gasteiger partial charge < -0.3 is 15.6 Å². The zero-order chi connectivity index (χ0) is 13.2. The standard InChI is InChI=1S/C8H6F3IN2O3/c9-8(10,11)17-6-4(7(15)16)1-3(2-13)5(12)14-6/h1H,2,13H2,(H,15,16). The Kier molecular flexibility index (Phi) is 4.14. The van der Waals surface area contributed by atoms with Crippen LogP contribution >= 0.6 is 22.6 Å². The zero-order valence-corrected chi connectivity index (χ0v) is 10.2. The van der Waals surface area contributed by atoms with E-state index < -0.39 is 23.8 Å². The van der Waals surface area contributed by atoms with E-state index in [-0.39, 0.29) is 10.2 Å². The van der Waals surface area contributed by atoms with Gasteiger partial charge in [-0.3, -0.25) is 0 Å². The van der Waals surface area contributed by atoms with Crippen molar-refractivity contribution in [2.24, 2.45) is 5.73 Å². The number of hydrogen-bond donors (Lipinski definition) is 2. The number of alkyl halides is 3. The van der Waals surface area contributed by atoms with E-state index in [4.69, 9.17) is 10.8 Å². The van der Waals surface area contributed by atoms with Crippen LogP contribution in [0.3, 0.4) is 0 Å². The Morgan fingerprint density at radius 1 is 1.59 bits per heavy atom. The van der Waals surface area contributed by atoms with Gasteiger partial charge in [0.25, 0.3) is 0 Å². The van der Waals surface area contributed by atoms with Crippen molar-refractivity contribution in [3.63, 3.8) is 0 Å². The van der Waals surface area contributed by atoms with Crippen molar-refractivity contribution < 1.29 is 27.8 Å². The molecule has 9 heteroatoms. The summed E-state index contributed by atoms with van der Waals surface area (Å²) in [5, 5.41) is 8.74. The molecule has 0 aliphatic heterocycles. The molecule has 0 bridgehead atoms. The number of hydrogen-bond acceptors (Lipinski definition) is 4. The van der Waals surface area contributed by atoms with Crippen LogP contribution in [0.25, 0.3) is 0 Å². The van der Waals surface area contributed by atoms with Crippen LogP contribution in [0.5, 0.6) is 5.88 Å². The molecular formula is C8H6F3IN2O3. The fourth-order valence-electron chi connectivity index (χ4n) is 1.00. The topological polar surface area (TPSA) is 85.4 Å². The van der Waals surface area contributed by atoms with Crippen LogP contribution < -0.4 is 10.5 Å². The quantitative estimate of drug-likeness (QED) is 0.632. The van der Waals surface area contributed by atoms with Gasteiger partial charge in [0.05, 0.1) is 0 Å².